The summed E-state index contributed by atoms with van der Waals surface area (Å²) in [5, 5.41) is 12.5. The fraction of sp³-hybridized carbons (Fsp3) is 0.571. The van der Waals surface area contributed by atoms with Crippen LogP contribution in [0.1, 0.15) is 26.3 Å². The Morgan fingerprint density at radius 2 is 1.81 bits per heavy atom. The van der Waals surface area contributed by atoms with Crippen molar-refractivity contribution >= 4 is 0 Å². The Morgan fingerprint density at radius 3 is 2.25 bits per heavy atom. The number of rotatable bonds is 5. The van der Waals surface area contributed by atoms with E-state index in [1.165, 1.54) is 5.56 Å². The van der Waals surface area contributed by atoms with Gasteiger partial charge in [-0.15, -0.1) is 0 Å². The van der Waals surface area contributed by atoms with Crippen molar-refractivity contribution in [3.05, 3.63) is 29.8 Å². The first-order valence-corrected chi connectivity index (χ1v) is 5.90. The summed E-state index contributed by atoms with van der Waals surface area (Å²) in [6.07, 6.45) is 1.03. The van der Waals surface area contributed by atoms with Gasteiger partial charge < -0.3 is 10.4 Å². The van der Waals surface area contributed by atoms with Crippen LogP contribution in [0.25, 0.3) is 0 Å². The quantitative estimate of drug-likeness (QED) is 0.801. The van der Waals surface area contributed by atoms with Gasteiger partial charge in [0.1, 0.15) is 5.75 Å². The molecule has 2 nitrogen and oxygen atoms in total. The van der Waals surface area contributed by atoms with E-state index in [0.29, 0.717) is 11.7 Å². The van der Waals surface area contributed by atoms with Gasteiger partial charge in [0.2, 0.25) is 0 Å². The van der Waals surface area contributed by atoms with E-state index in [-0.39, 0.29) is 5.41 Å². The first kappa shape index (κ1) is 13.0. The van der Waals surface area contributed by atoms with Crippen molar-refractivity contribution in [1.82, 2.24) is 5.32 Å². The van der Waals surface area contributed by atoms with Crippen LogP contribution in [0.4, 0.5) is 0 Å². The highest BCUT2D eigenvalue weighted by atomic mass is 16.3. The number of nitrogens with one attached hydrogen (secondary N) is 1. The second kappa shape index (κ2) is 5.35. The summed E-state index contributed by atoms with van der Waals surface area (Å²) < 4.78 is 0. The smallest absolute Gasteiger partial charge is 0.115 e. The summed E-state index contributed by atoms with van der Waals surface area (Å²) >= 11 is 0. The minimum absolute atomic E-state index is 0.256. The molecule has 0 saturated heterocycles. The van der Waals surface area contributed by atoms with E-state index in [4.69, 9.17) is 0 Å². The maximum Gasteiger partial charge on any atom is 0.115 e. The molecular formula is C14H23NO. The van der Waals surface area contributed by atoms with Crippen molar-refractivity contribution in [2.24, 2.45) is 11.3 Å². The van der Waals surface area contributed by atoms with E-state index < -0.39 is 0 Å². The Bertz CT molecular complexity index is 318. The lowest BCUT2D eigenvalue weighted by Crippen LogP contribution is -2.36. The van der Waals surface area contributed by atoms with Crippen LogP contribution in [-0.2, 0) is 6.42 Å². The number of phenolic OH excluding ortho intramolecular Hbond substituents is 1. The molecule has 16 heavy (non-hydrogen) atoms. The Labute approximate surface area is 98.7 Å². The van der Waals surface area contributed by atoms with E-state index in [9.17, 15) is 5.11 Å². The fourth-order valence-corrected chi connectivity index (χ4v) is 1.95. The second-order valence-electron chi connectivity index (χ2n) is 5.18. The Hall–Kier alpha value is -1.02. The zero-order chi connectivity index (χ0) is 12.2. The van der Waals surface area contributed by atoms with Crippen LogP contribution in [0.5, 0.6) is 5.75 Å². The van der Waals surface area contributed by atoms with Crippen molar-refractivity contribution in [3.63, 3.8) is 0 Å². The highest BCUT2D eigenvalue weighted by molar-refractivity contribution is 5.26. The lowest BCUT2D eigenvalue weighted by Gasteiger charge is -2.34. The molecule has 0 saturated carbocycles. The van der Waals surface area contributed by atoms with Crippen molar-refractivity contribution in [2.45, 2.75) is 27.2 Å². The Balaban J connectivity index is 2.79. The van der Waals surface area contributed by atoms with Crippen molar-refractivity contribution in [3.8, 4) is 5.75 Å². The number of phenols is 1. The molecule has 0 aromatic heterocycles. The molecular weight excluding hydrogens is 198 g/mol. The number of aromatic hydroxyl groups is 1. The molecule has 0 aliphatic heterocycles. The van der Waals surface area contributed by atoms with E-state index in [1.54, 1.807) is 12.1 Å². The summed E-state index contributed by atoms with van der Waals surface area (Å²) in [4.78, 5) is 0. The van der Waals surface area contributed by atoms with Crippen molar-refractivity contribution in [1.29, 1.82) is 0 Å². The van der Waals surface area contributed by atoms with Gasteiger partial charge in [-0.3, -0.25) is 0 Å². The molecule has 0 fully saturated rings. The molecule has 0 heterocycles. The predicted octanol–water partition coefficient (Wildman–Crippen LogP) is 2.82. The minimum atomic E-state index is 0.256. The lowest BCUT2D eigenvalue weighted by molar-refractivity contribution is 0.212. The summed E-state index contributed by atoms with van der Waals surface area (Å²) in [7, 11) is 2.00. The molecule has 0 radical (unpaired) electrons. The van der Waals surface area contributed by atoms with Gasteiger partial charge in [0.25, 0.3) is 0 Å². The molecule has 0 bridgehead atoms. The predicted molar refractivity (Wildman–Crippen MR) is 68.7 cm³/mol. The van der Waals surface area contributed by atoms with Crippen LogP contribution in [0.2, 0.25) is 0 Å². The van der Waals surface area contributed by atoms with Gasteiger partial charge in [0.15, 0.2) is 0 Å². The van der Waals surface area contributed by atoms with Gasteiger partial charge in [0, 0.05) is 6.54 Å². The largest absolute Gasteiger partial charge is 0.508 e. The van der Waals surface area contributed by atoms with Gasteiger partial charge in [-0.25, -0.2) is 0 Å². The van der Waals surface area contributed by atoms with Gasteiger partial charge in [-0.1, -0.05) is 32.9 Å². The Kier molecular flexibility index (Phi) is 4.36. The molecule has 0 aliphatic carbocycles. The van der Waals surface area contributed by atoms with Gasteiger partial charge >= 0.3 is 0 Å². The molecule has 1 atom stereocenters. The molecule has 1 unspecified atom stereocenters. The van der Waals surface area contributed by atoms with E-state index in [2.05, 4.69) is 26.1 Å². The molecule has 0 aliphatic rings. The molecule has 1 aromatic carbocycles. The third kappa shape index (κ3) is 3.24. The molecule has 0 spiro atoms. The zero-order valence-electron chi connectivity index (χ0n) is 10.7. The molecule has 1 aromatic rings. The SMILES string of the molecule is CNCC(C)(Cc1ccc(O)cc1)C(C)C. The molecule has 0 amide bonds. The van der Waals surface area contributed by atoms with E-state index >= 15 is 0 Å². The lowest BCUT2D eigenvalue weighted by atomic mass is 9.74. The van der Waals surface area contributed by atoms with Crippen LogP contribution in [0.3, 0.4) is 0 Å². The van der Waals surface area contributed by atoms with Crippen molar-refractivity contribution < 1.29 is 5.11 Å². The highest BCUT2D eigenvalue weighted by Gasteiger charge is 2.27. The summed E-state index contributed by atoms with van der Waals surface area (Å²) in [5.41, 5.74) is 1.54. The third-order valence-corrected chi connectivity index (χ3v) is 3.52. The van der Waals surface area contributed by atoms with Crippen LogP contribution < -0.4 is 5.32 Å². The molecule has 2 N–H and O–H groups in total. The van der Waals surface area contributed by atoms with E-state index in [1.807, 2.05) is 19.2 Å². The highest BCUT2D eigenvalue weighted by Crippen LogP contribution is 2.31. The number of hydrogen-bond acceptors (Lipinski definition) is 2. The fourth-order valence-electron chi connectivity index (χ4n) is 1.95. The zero-order valence-corrected chi connectivity index (χ0v) is 10.7. The second-order valence-corrected chi connectivity index (χ2v) is 5.18. The molecule has 1 rings (SSSR count). The monoisotopic (exact) mass is 221 g/mol. The number of benzene rings is 1. The summed E-state index contributed by atoms with van der Waals surface area (Å²) in [5.74, 6) is 0.956. The van der Waals surface area contributed by atoms with Crippen molar-refractivity contribution in [2.75, 3.05) is 13.6 Å². The number of hydrogen-bond donors (Lipinski definition) is 2. The summed E-state index contributed by atoms with van der Waals surface area (Å²) in [6, 6.07) is 7.53. The Morgan fingerprint density at radius 1 is 1.25 bits per heavy atom. The van der Waals surface area contributed by atoms with Crippen LogP contribution in [0, 0.1) is 11.3 Å². The van der Waals surface area contributed by atoms with Gasteiger partial charge in [0.05, 0.1) is 0 Å². The summed E-state index contributed by atoms with van der Waals surface area (Å²) in [6.45, 7) is 7.84. The average Bonchev–Trinajstić information content (AvgIpc) is 2.22. The third-order valence-electron chi connectivity index (χ3n) is 3.52. The molecule has 90 valence electrons. The standard InChI is InChI=1S/C14H23NO/c1-11(2)14(3,10-15-4)9-12-5-7-13(16)8-6-12/h5-8,11,15-16H,9-10H2,1-4H3. The normalized spacial score (nSPS) is 15.1. The first-order chi connectivity index (χ1) is 7.48. The maximum absolute atomic E-state index is 9.26. The first-order valence-electron chi connectivity index (χ1n) is 5.90. The van der Waals surface area contributed by atoms with E-state index in [0.717, 1.165) is 13.0 Å². The van der Waals surface area contributed by atoms with Crippen LogP contribution in [-0.4, -0.2) is 18.7 Å². The van der Waals surface area contributed by atoms with Crippen LogP contribution >= 0.6 is 0 Å². The van der Waals surface area contributed by atoms with Gasteiger partial charge in [-0.05, 0) is 42.5 Å². The minimum Gasteiger partial charge on any atom is -0.508 e. The average molecular weight is 221 g/mol. The maximum atomic E-state index is 9.26. The van der Waals surface area contributed by atoms with Gasteiger partial charge in [-0.2, -0.15) is 0 Å². The molecule has 2 heteroatoms. The van der Waals surface area contributed by atoms with Crippen LogP contribution in [0.15, 0.2) is 24.3 Å². The topological polar surface area (TPSA) is 32.3 Å².